The Morgan fingerprint density at radius 2 is 2.00 bits per heavy atom. The van der Waals surface area contributed by atoms with Crippen LogP contribution in [0.25, 0.3) is 0 Å². The summed E-state index contributed by atoms with van der Waals surface area (Å²) in [5, 5.41) is 8.74. The van der Waals surface area contributed by atoms with E-state index >= 15 is 0 Å². The number of esters is 1. The van der Waals surface area contributed by atoms with Gasteiger partial charge in [-0.2, -0.15) is 5.26 Å². The third kappa shape index (κ3) is 4.30. The average molecular weight is 309 g/mol. The molecule has 0 aliphatic heterocycles. The molecular weight excluding hydrogens is 301 g/mol. The Kier molecular flexibility index (Phi) is 5.07. The van der Waals surface area contributed by atoms with Crippen LogP contribution in [0.4, 0.5) is 22.0 Å². The largest absolute Gasteiger partial charge is 0.573 e. The van der Waals surface area contributed by atoms with E-state index in [0.717, 1.165) is 0 Å². The molecule has 114 valence electrons. The van der Waals surface area contributed by atoms with Crippen molar-refractivity contribution in [2.75, 3.05) is 6.61 Å². The molecule has 0 fully saturated rings. The lowest BCUT2D eigenvalue weighted by atomic mass is 10.0. The quantitative estimate of drug-likeness (QED) is 0.630. The van der Waals surface area contributed by atoms with Gasteiger partial charge in [0.05, 0.1) is 17.7 Å². The van der Waals surface area contributed by atoms with Gasteiger partial charge in [-0.15, -0.1) is 13.2 Å². The Labute approximate surface area is 115 Å². The average Bonchev–Trinajstić information content (AvgIpc) is 2.36. The molecule has 0 radical (unpaired) electrons. The lowest BCUT2D eigenvalue weighted by Crippen LogP contribution is -2.19. The fourth-order valence-electron chi connectivity index (χ4n) is 1.46. The van der Waals surface area contributed by atoms with Gasteiger partial charge in [0.2, 0.25) is 0 Å². The van der Waals surface area contributed by atoms with Crippen LogP contribution in [-0.4, -0.2) is 18.9 Å². The molecule has 0 amide bonds. The predicted molar refractivity (Wildman–Crippen MR) is 58.8 cm³/mol. The number of ether oxygens (including phenoxy) is 2. The number of nitrogens with zero attached hydrogens (tertiary/aromatic N) is 1. The van der Waals surface area contributed by atoms with Crippen molar-refractivity contribution in [3.05, 3.63) is 28.8 Å². The van der Waals surface area contributed by atoms with Crippen LogP contribution in [0.15, 0.2) is 12.1 Å². The number of carbonyl (C=O) groups is 1. The zero-order valence-electron chi connectivity index (χ0n) is 10.5. The van der Waals surface area contributed by atoms with Gasteiger partial charge in [0, 0.05) is 5.56 Å². The van der Waals surface area contributed by atoms with Crippen LogP contribution < -0.4 is 4.74 Å². The Morgan fingerprint density at radius 1 is 1.38 bits per heavy atom. The zero-order valence-corrected chi connectivity index (χ0v) is 10.5. The lowest BCUT2D eigenvalue weighted by Gasteiger charge is -2.14. The first-order valence-corrected chi connectivity index (χ1v) is 5.48. The molecule has 0 spiro atoms. The Morgan fingerprint density at radius 3 is 2.43 bits per heavy atom. The highest BCUT2D eigenvalue weighted by Crippen LogP contribution is 2.33. The Hall–Kier alpha value is -2.37. The highest BCUT2D eigenvalue weighted by atomic mass is 19.4. The number of hydrogen-bond donors (Lipinski definition) is 0. The highest BCUT2D eigenvalue weighted by Gasteiger charge is 2.33. The second-order valence-corrected chi connectivity index (χ2v) is 3.62. The molecule has 0 aliphatic rings. The third-order valence-corrected chi connectivity index (χ3v) is 2.23. The van der Waals surface area contributed by atoms with E-state index in [-0.39, 0.29) is 6.61 Å². The third-order valence-electron chi connectivity index (χ3n) is 2.23. The predicted octanol–water partition coefficient (Wildman–Crippen LogP) is 3.57. The monoisotopic (exact) mass is 309 g/mol. The van der Waals surface area contributed by atoms with Gasteiger partial charge in [-0.3, -0.25) is 0 Å². The van der Waals surface area contributed by atoms with Crippen molar-refractivity contribution in [2.24, 2.45) is 0 Å². The molecule has 0 unspecified atom stereocenters. The van der Waals surface area contributed by atoms with E-state index in [0.29, 0.717) is 12.1 Å². The van der Waals surface area contributed by atoms with E-state index in [2.05, 4.69) is 9.47 Å². The van der Waals surface area contributed by atoms with Gasteiger partial charge in [-0.1, -0.05) is 0 Å². The van der Waals surface area contributed by atoms with Crippen molar-refractivity contribution < 1.29 is 36.2 Å². The number of nitriles is 1. The van der Waals surface area contributed by atoms with Crippen molar-refractivity contribution in [1.29, 1.82) is 5.26 Å². The van der Waals surface area contributed by atoms with Crippen LogP contribution in [0.1, 0.15) is 34.8 Å². The summed E-state index contributed by atoms with van der Waals surface area (Å²) >= 11 is 0. The highest BCUT2D eigenvalue weighted by molar-refractivity contribution is 5.92. The summed E-state index contributed by atoms with van der Waals surface area (Å²) in [5.41, 5.74) is -2.40. The van der Waals surface area contributed by atoms with E-state index in [9.17, 15) is 26.7 Å². The summed E-state index contributed by atoms with van der Waals surface area (Å²) in [4.78, 5) is 11.5. The summed E-state index contributed by atoms with van der Waals surface area (Å²) in [6.45, 7) is 1.30. The first kappa shape index (κ1) is 16.7. The van der Waals surface area contributed by atoms with Crippen LogP contribution >= 0.6 is 0 Å². The van der Waals surface area contributed by atoms with Crippen LogP contribution in [0.3, 0.4) is 0 Å². The molecule has 1 aromatic rings. The van der Waals surface area contributed by atoms with E-state index in [4.69, 9.17) is 5.26 Å². The molecule has 21 heavy (non-hydrogen) atoms. The number of carbonyl (C=O) groups excluding carboxylic acids is 1. The number of halogens is 5. The van der Waals surface area contributed by atoms with Gasteiger partial charge in [0.1, 0.15) is 11.8 Å². The van der Waals surface area contributed by atoms with Crippen molar-refractivity contribution >= 4 is 5.97 Å². The molecule has 0 atom stereocenters. The number of alkyl halides is 5. The minimum absolute atomic E-state index is 0.121. The van der Waals surface area contributed by atoms with Gasteiger partial charge < -0.3 is 9.47 Å². The van der Waals surface area contributed by atoms with E-state index in [1.807, 2.05) is 0 Å². The van der Waals surface area contributed by atoms with Gasteiger partial charge in [-0.05, 0) is 19.1 Å². The topological polar surface area (TPSA) is 59.3 Å². The number of rotatable bonds is 4. The normalized spacial score (nSPS) is 11.1. The van der Waals surface area contributed by atoms with Crippen molar-refractivity contribution in [2.45, 2.75) is 19.7 Å². The molecule has 0 heterocycles. The van der Waals surface area contributed by atoms with Crippen molar-refractivity contribution in [3.63, 3.8) is 0 Å². The summed E-state index contributed by atoms with van der Waals surface area (Å²) in [6, 6.07) is 2.24. The zero-order chi connectivity index (χ0) is 16.2. The van der Waals surface area contributed by atoms with E-state index < -0.39 is 41.2 Å². The Bertz CT molecular complexity index is 577. The SMILES string of the molecule is CCOC(=O)c1cc(C#N)c(OC(F)(F)F)cc1C(F)F. The lowest BCUT2D eigenvalue weighted by molar-refractivity contribution is -0.274. The smallest absolute Gasteiger partial charge is 0.462 e. The first-order valence-electron chi connectivity index (χ1n) is 5.48. The maximum Gasteiger partial charge on any atom is 0.573 e. The van der Waals surface area contributed by atoms with Crippen LogP contribution in [0.2, 0.25) is 0 Å². The van der Waals surface area contributed by atoms with Crippen LogP contribution in [0.5, 0.6) is 5.75 Å². The molecule has 0 aromatic heterocycles. The van der Waals surface area contributed by atoms with E-state index in [1.54, 1.807) is 0 Å². The van der Waals surface area contributed by atoms with Crippen LogP contribution in [-0.2, 0) is 4.74 Å². The second-order valence-electron chi connectivity index (χ2n) is 3.62. The number of benzene rings is 1. The molecule has 0 N–H and O–H groups in total. The fourth-order valence-corrected chi connectivity index (χ4v) is 1.46. The van der Waals surface area contributed by atoms with Gasteiger partial charge in [-0.25, -0.2) is 13.6 Å². The molecule has 0 aliphatic carbocycles. The minimum Gasteiger partial charge on any atom is -0.462 e. The minimum atomic E-state index is -5.16. The molecule has 9 heteroatoms. The van der Waals surface area contributed by atoms with E-state index in [1.165, 1.54) is 13.0 Å². The van der Waals surface area contributed by atoms with Gasteiger partial charge in [0.15, 0.2) is 0 Å². The summed E-state index contributed by atoms with van der Waals surface area (Å²) in [5.74, 6) is -2.27. The molecule has 0 saturated heterocycles. The molecule has 1 rings (SSSR count). The molecule has 4 nitrogen and oxygen atoms in total. The van der Waals surface area contributed by atoms with Gasteiger partial charge in [0.25, 0.3) is 6.43 Å². The first-order chi connectivity index (χ1) is 9.69. The van der Waals surface area contributed by atoms with Crippen molar-refractivity contribution in [1.82, 2.24) is 0 Å². The summed E-state index contributed by atoms with van der Waals surface area (Å²) in [7, 11) is 0. The maximum atomic E-state index is 12.8. The fraction of sp³-hybridized carbons (Fsp3) is 0.333. The maximum absolute atomic E-state index is 12.8. The molecule has 0 bridgehead atoms. The molecular formula is C12H8F5NO3. The summed E-state index contributed by atoms with van der Waals surface area (Å²) < 4.78 is 70.2. The van der Waals surface area contributed by atoms with Crippen molar-refractivity contribution in [3.8, 4) is 11.8 Å². The Balaban J connectivity index is 3.42. The van der Waals surface area contributed by atoms with Crippen LogP contribution in [0, 0.1) is 11.3 Å². The van der Waals surface area contributed by atoms with Gasteiger partial charge >= 0.3 is 12.3 Å². The molecule has 0 saturated carbocycles. The standard InChI is InChI=1S/C12H8F5NO3/c1-2-20-11(19)8-3-6(5-18)9(21-12(15,16)17)4-7(8)10(13)14/h3-4,10H,2H2,1H3. The number of hydrogen-bond acceptors (Lipinski definition) is 4. The summed E-state index contributed by atoms with van der Waals surface area (Å²) in [6.07, 6.45) is -8.40. The second kappa shape index (κ2) is 6.39. The molecule has 1 aromatic carbocycles.